The van der Waals surface area contributed by atoms with E-state index in [1.807, 2.05) is 0 Å². The minimum Gasteiger partial charge on any atom is -0.504 e. The minimum absolute atomic E-state index is 0.135. The molecule has 112 heavy (non-hydrogen) atoms. The predicted octanol–water partition coefficient (Wildman–Crippen LogP) is 1.77. The molecule has 4 aliphatic rings. The van der Waals surface area contributed by atoms with Crippen LogP contribution in [0.1, 0.15) is 82.9 Å². The fourth-order valence-electron chi connectivity index (χ4n) is 11.9. The fraction of sp³-hybridized carbons (Fsp3) is 0.176. The first-order chi connectivity index (χ1) is 52.7. The summed E-state index contributed by atoms with van der Waals surface area (Å²) >= 11 is 0. The summed E-state index contributed by atoms with van der Waals surface area (Å²) in [6.45, 7) is -2.76. The second-order valence-electron chi connectivity index (χ2n) is 24.2. The van der Waals surface area contributed by atoms with Gasteiger partial charge in [0.2, 0.25) is 34.5 Å². The lowest BCUT2D eigenvalue weighted by atomic mass is 9.91. The van der Waals surface area contributed by atoms with Crippen molar-refractivity contribution in [3.63, 3.8) is 0 Å². The second-order valence-corrected chi connectivity index (χ2v) is 24.2. The number of carbonyl (C=O) groups is 8. The van der Waals surface area contributed by atoms with E-state index in [0.29, 0.717) is 54.6 Å². The number of aromatic hydroxyl groups is 23. The Morgan fingerprint density at radius 2 is 0.580 bits per heavy atom. The van der Waals surface area contributed by atoms with E-state index in [0.717, 1.165) is 0 Å². The van der Waals surface area contributed by atoms with E-state index >= 15 is 9.59 Å². The predicted molar refractivity (Wildman–Crippen MR) is 345 cm³/mol. The minimum atomic E-state index is -2.90. The van der Waals surface area contributed by atoms with Crippen molar-refractivity contribution in [3.8, 4) is 166 Å². The van der Waals surface area contributed by atoms with Crippen molar-refractivity contribution < 1.29 is 218 Å². The van der Waals surface area contributed by atoms with Crippen molar-refractivity contribution >= 4 is 47.8 Å². The summed E-state index contributed by atoms with van der Waals surface area (Å²) in [7, 11) is 0. The third kappa shape index (κ3) is 13.2. The molecule has 0 saturated carbocycles. The third-order valence-electron chi connectivity index (χ3n) is 17.4. The number of hydrogen-bond acceptors (Lipinski definition) is 44. The summed E-state index contributed by atoms with van der Waals surface area (Å²) in [4.78, 5) is 116. The van der Waals surface area contributed by atoms with Crippen LogP contribution >= 0.6 is 0 Å². The van der Waals surface area contributed by atoms with Crippen LogP contribution in [0, 0.1) is 0 Å². The molecule has 4 heterocycles. The number of ether oxygens (including phenoxy) is 11. The Morgan fingerprint density at radius 1 is 0.304 bits per heavy atom. The zero-order valence-corrected chi connectivity index (χ0v) is 55.0. The van der Waals surface area contributed by atoms with E-state index in [1.165, 1.54) is 0 Å². The summed E-state index contributed by atoms with van der Waals surface area (Å²) in [5.74, 6) is -51.3. The van der Waals surface area contributed by atoms with Gasteiger partial charge in [0.25, 0.3) is 0 Å². The van der Waals surface area contributed by atoms with Crippen LogP contribution in [-0.2, 0) is 47.4 Å². The van der Waals surface area contributed by atoms with Gasteiger partial charge in [0.1, 0.15) is 31.0 Å². The van der Waals surface area contributed by atoms with Crippen LogP contribution in [-0.4, -0.2) is 250 Å². The zero-order valence-electron chi connectivity index (χ0n) is 55.0. The molecule has 0 aromatic heterocycles. The van der Waals surface area contributed by atoms with E-state index in [2.05, 4.69) is 0 Å². The Kier molecular flexibility index (Phi) is 19.3. The van der Waals surface area contributed by atoms with Gasteiger partial charge in [0, 0.05) is 34.4 Å². The maximum atomic E-state index is 15.4. The molecule has 10 atom stereocenters. The molecule has 0 spiro atoms. The summed E-state index contributed by atoms with van der Waals surface area (Å²) in [5, 5.41) is 272. The van der Waals surface area contributed by atoms with Gasteiger partial charge in [-0.25, -0.2) is 38.4 Å². The van der Waals surface area contributed by atoms with E-state index in [9.17, 15) is 156 Å². The number of aliphatic hydroxyl groups excluding tert-OH is 2. The van der Waals surface area contributed by atoms with Crippen LogP contribution in [0.2, 0.25) is 0 Å². The molecule has 0 aliphatic carbocycles. The highest BCUT2D eigenvalue weighted by Gasteiger charge is 2.56. The number of cyclic esters (lactones) is 2. The number of esters is 8. The van der Waals surface area contributed by atoms with Crippen LogP contribution in [0.4, 0.5) is 0 Å². The Balaban J connectivity index is 0.979. The first kappa shape index (κ1) is 76.2. The summed E-state index contributed by atoms with van der Waals surface area (Å²) < 4.78 is 61.1. The average Bonchev–Trinajstić information content (AvgIpc) is 1.27. The zero-order chi connectivity index (χ0) is 81.7. The number of hydrogen-bond donors (Lipinski definition) is 25. The number of carbonyl (C=O) groups excluding carboxylic acids is 8. The van der Waals surface area contributed by atoms with E-state index in [1.54, 1.807) is 0 Å². The highest BCUT2D eigenvalue weighted by atomic mass is 16.7. The molecule has 2 fully saturated rings. The average molecular weight is 1570 g/mol. The number of phenolic OH excluding ortho intramolecular Hbond substituents is 23. The van der Waals surface area contributed by atoms with Gasteiger partial charge in [0.05, 0.1) is 38.9 Å². The molecule has 25 N–H and O–H groups in total. The molecule has 8 aromatic rings. The van der Waals surface area contributed by atoms with Crippen LogP contribution in [0.15, 0.2) is 66.7 Å². The molecule has 2 saturated heterocycles. The Morgan fingerprint density at radius 3 is 0.929 bits per heavy atom. The van der Waals surface area contributed by atoms with E-state index in [-0.39, 0.29) is 12.1 Å². The number of aliphatic hydroxyl groups is 2. The van der Waals surface area contributed by atoms with Gasteiger partial charge in [-0.05, 0) is 54.6 Å². The standard InChI is InChI=1S/C68H50O44/c69-22-1-14(2-23(70)39(22)79)59(92)109-55-53-33(105-67(100)57(55)111-61(94)16-5-26(73)41(81)27(74)6-16)12-103-63(96)18-8-29(76)43(83)48(88)36(18)38-20(65(98)108-53)11-32(46(86)50(38)90)104-52-21(10-31(78)45(85)51(52)91)66(99)112-58-56(110-60(93)15-3-24(71)40(80)25(72)4-15)54-34(106-68(58)101)13-102-62(95)17-7-28(75)42(82)47(87)35(17)37-19(64(97)107-54)9-30(77)44(84)49(37)89/h1-11,33-34,53-58,67-91,100-101H,12-13H2. The van der Waals surface area contributed by atoms with Gasteiger partial charge >= 0.3 is 47.8 Å². The Labute approximate surface area is 616 Å². The largest absolute Gasteiger partial charge is 0.504 e. The smallest absolute Gasteiger partial charge is 0.342 e. The first-order valence-electron chi connectivity index (χ1n) is 31.1. The van der Waals surface area contributed by atoms with Crippen molar-refractivity contribution in [1.82, 2.24) is 0 Å². The van der Waals surface area contributed by atoms with Crippen molar-refractivity contribution in [2.75, 3.05) is 13.2 Å². The highest BCUT2D eigenvalue weighted by Crippen LogP contribution is 2.58. The number of rotatable bonds is 10. The summed E-state index contributed by atoms with van der Waals surface area (Å²) in [6.07, 6.45) is -26.5. The van der Waals surface area contributed by atoms with Crippen LogP contribution < -0.4 is 4.74 Å². The normalized spacial score (nSPS) is 20.7. The topological polar surface area (TPSA) is 744 Å². The molecule has 0 radical (unpaired) electrons. The molecule has 10 unspecified atom stereocenters. The summed E-state index contributed by atoms with van der Waals surface area (Å²) in [6, 6.07) is 4.10. The lowest BCUT2D eigenvalue weighted by molar-refractivity contribution is -0.284. The van der Waals surface area contributed by atoms with Crippen molar-refractivity contribution in [1.29, 1.82) is 0 Å². The maximum absolute atomic E-state index is 15.4. The lowest BCUT2D eigenvalue weighted by Gasteiger charge is -2.42. The molecule has 0 amide bonds. The van der Waals surface area contributed by atoms with Gasteiger partial charge < -0.3 is 180 Å². The molecular formula is C68H50O44. The maximum Gasteiger partial charge on any atom is 0.342 e. The molecule has 586 valence electrons. The SMILES string of the molecule is O=C(OC1C(O)OC2COC(=O)c3cc(O)c(O)c(O)c3-c3c(cc(Oc4c(C(=O)OC5C(O)OC6COC(=O)c7cc(O)c(O)c(O)c7-c7c(cc(O)c(O)c7O)C(=O)OC6C5OC(=O)c5cc(O)c(O)c(O)c5)cc(O)c(O)c4O)c(O)c3O)C(=O)OC2C1OC(=O)c1cc(O)c(O)c(O)c1)c1cc(O)c(O)c(O)c1. The van der Waals surface area contributed by atoms with Crippen LogP contribution in [0.5, 0.6) is 144 Å². The molecular weight excluding hydrogens is 1520 g/mol. The number of phenols is 23. The fourth-order valence-corrected chi connectivity index (χ4v) is 11.9. The van der Waals surface area contributed by atoms with Crippen molar-refractivity contribution in [3.05, 3.63) is 111 Å². The van der Waals surface area contributed by atoms with Crippen LogP contribution in [0.25, 0.3) is 22.3 Å². The Bertz CT molecular complexity index is 5320. The quantitative estimate of drug-likeness (QED) is 0.0527. The first-order valence-corrected chi connectivity index (χ1v) is 31.1. The number of benzene rings is 8. The van der Waals surface area contributed by atoms with Gasteiger partial charge in [-0.15, -0.1) is 0 Å². The summed E-state index contributed by atoms with van der Waals surface area (Å²) in [5.41, 5.74) is -14.4. The molecule has 12 rings (SSSR count). The molecule has 4 aliphatic heterocycles. The second kappa shape index (κ2) is 28.4. The van der Waals surface area contributed by atoms with Gasteiger partial charge in [-0.2, -0.15) is 0 Å². The van der Waals surface area contributed by atoms with E-state index in [4.69, 9.17) is 52.1 Å². The molecule has 44 nitrogen and oxygen atoms in total. The number of fused-ring (bicyclic) bond motifs is 8. The van der Waals surface area contributed by atoms with E-state index < -0.39 is 333 Å². The lowest BCUT2D eigenvalue weighted by Crippen LogP contribution is -2.62. The van der Waals surface area contributed by atoms with Gasteiger partial charge in [0.15, 0.2) is 158 Å². The van der Waals surface area contributed by atoms with Crippen LogP contribution in [0.3, 0.4) is 0 Å². The molecule has 8 aromatic carbocycles. The van der Waals surface area contributed by atoms with Gasteiger partial charge in [-0.3, -0.25) is 0 Å². The van der Waals surface area contributed by atoms with Gasteiger partial charge in [-0.1, -0.05) is 0 Å². The third-order valence-corrected chi connectivity index (χ3v) is 17.4. The molecule has 0 bridgehead atoms. The van der Waals surface area contributed by atoms with Crippen molar-refractivity contribution in [2.45, 2.75) is 61.4 Å². The highest BCUT2D eigenvalue weighted by molar-refractivity contribution is 6.10. The monoisotopic (exact) mass is 1570 g/mol. The van der Waals surface area contributed by atoms with Crippen molar-refractivity contribution in [2.24, 2.45) is 0 Å². The Hall–Kier alpha value is -15.4. The molecule has 44 heteroatoms.